The molecule has 2 aromatic heterocycles. The molecule has 7 heteroatoms. The first-order valence-electron chi connectivity index (χ1n) is 8.27. The van der Waals surface area contributed by atoms with Crippen molar-refractivity contribution in [3.63, 3.8) is 0 Å². The third-order valence-electron chi connectivity index (χ3n) is 4.24. The molecule has 1 aliphatic carbocycles. The van der Waals surface area contributed by atoms with E-state index in [0.29, 0.717) is 10.7 Å². The van der Waals surface area contributed by atoms with Gasteiger partial charge in [-0.25, -0.2) is 0 Å². The molecular formula is C18H21Cl2N3OS. The summed E-state index contributed by atoms with van der Waals surface area (Å²) < 4.78 is 2.17. The third-order valence-corrected chi connectivity index (χ3v) is 6.42. The molecular weight excluding hydrogens is 377 g/mol. The second kappa shape index (κ2) is 6.86. The van der Waals surface area contributed by atoms with Crippen LogP contribution in [0.4, 0.5) is 0 Å². The van der Waals surface area contributed by atoms with Gasteiger partial charge in [0, 0.05) is 29.5 Å². The van der Waals surface area contributed by atoms with Crippen LogP contribution in [0.5, 0.6) is 0 Å². The Morgan fingerprint density at radius 3 is 2.44 bits per heavy atom. The molecule has 0 radical (unpaired) electrons. The van der Waals surface area contributed by atoms with E-state index in [2.05, 4.69) is 42.2 Å². The minimum atomic E-state index is -0.427. The number of thiazole rings is 1. The van der Waals surface area contributed by atoms with Crippen molar-refractivity contribution >= 4 is 40.4 Å². The van der Waals surface area contributed by atoms with Gasteiger partial charge in [-0.2, -0.15) is 4.99 Å². The molecule has 2 heterocycles. The first kappa shape index (κ1) is 18.6. The molecule has 25 heavy (non-hydrogen) atoms. The number of rotatable bonds is 3. The Bertz CT molecular complexity index is 868. The van der Waals surface area contributed by atoms with Gasteiger partial charge >= 0.3 is 0 Å². The molecule has 1 saturated carbocycles. The number of aromatic nitrogens is 2. The van der Waals surface area contributed by atoms with Gasteiger partial charge < -0.3 is 4.57 Å². The molecule has 0 bridgehead atoms. The molecule has 1 amide bonds. The Hall–Kier alpha value is -1.17. The van der Waals surface area contributed by atoms with Crippen LogP contribution in [0, 0.1) is 12.8 Å². The molecule has 4 nitrogen and oxygen atoms in total. The highest BCUT2D eigenvalue weighted by Gasteiger charge is 2.27. The molecule has 0 saturated heterocycles. The predicted octanol–water partition coefficient (Wildman–Crippen LogP) is 5.01. The first-order chi connectivity index (χ1) is 11.7. The van der Waals surface area contributed by atoms with Gasteiger partial charge in [-0.1, -0.05) is 44.0 Å². The summed E-state index contributed by atoms with van der Waals surface area (Å²) in [6, 6.07) is 0. The van der Waals surface area contributed by atoms with E-state index in [1.807, 2.05) is 0 Å². The number of carbonyl (C=O) groups is 1. The summed E-state index contributed by atoms with van der Waals surface area (Å²) >= 11 is 13.8. The largest absolute Gasteiger partial charge is 0.320 e. The van der Waals surface area contributed by atoms with Crippen LogP contribution in [0.1, 0.15) is 54.5 Å². The van der Waals surface area contributed by atoms with Gasteiger partial charge in [-0.05, 0) is 31.1 Å². The highest BCUT2D eigenvalue weighted by molar-refractivity contribution is 7.09. The molecule has 134 valence electrons. The Labute approximate surface area is 161 Å². The fourth-order valence-corrected chi connectivity index (χ4v) is 4.52. The molecule has 3 rings (SSSR count). The monoisotopic (exact) mass is 397 g/mol. The zero-order valence-electron chi connectivity index (χ0n) is 14.8. The SMILES string of the molecule is Cc1c(C(C)(C)C)s/c(=N\C(=O)c2c(Cl)cncc2Cl)n1CC1CC1. The standard InChI is InChI=1S/C18H21Cl2N3OS/c1-10-15(18(2,3)4)25-17(23(10)9-11-5-6-11)22-16(24)14-12(19)7-21-8-13(14)20/h7-8,11H,5-6,9H2,1-4H3/b22-17-. The van der Waals surface area contributed by atoms with Gasteiger partial charge in [0.25, 0.3) is 5.91 Å². The maximum Gasteiger partial charge on any atom is 0.282 e. The van der Waals surface area contributed by atoms with Crippen molar-refractivity contribution in [1.82, 2.24) is 9.55 Å². The minimum Gasteiger partial charge on any atom is -0.320 e. The molecule has 0 atom stereocenters. The number of carbonyl (C=O) groups excluding carboxylic acids is 1. The molecule has 1 aliphatic rings. The van der Waals surface area contributed by atoms with Crippen LogP contribution in [0.25, 0.3) is 0 Å². The normalized spacial score (nSPS) is 15.7. The number of hydrogen-bond acceptors (Lipinski definition) is 3. The van der Waals surface area contributed by atoms with Crippen LogP contribution in [0.15, 0.2) is 17.4 Å². The zero-order valence-corrected chi connectivity index (χ0v) is 17.1. The van der Waals surface area contributed by atoms with Crippen molar-refractivity contribution in [3.05, 3.63) is 43.4 Å². The van der Waals surface area contributed by atoms with E-state index in [1.54, 1.807) is 11.3 Å². The van der Waals surface area contributed by atoms with Crippen LogP contribution in [0.3, 0.4) is 0 Å². The second-order valence-electron chi connectivity index (χ2n) is 7.50. The lowest BCUT2D eigenvalue weighted by atomic mass is 9.93. The molecule has 1 fully saturated rings. The summed E-state index contributed by atoms with van der Waals surface area (Å²) in [4.78, 5) is 22.9. The topological polar surface area (TPSA) is 47.2 Å². The Morgan fingerprint density at radius 2 is 1.92 bits per heavy atom. The van der Waals surface area contributed by atoms with Gasteiger partial charge in [0.05, 0.1) is 15.6 Å². The molecule has 0 N–H and O–H groups in total. The molecule has 2 aromatic rings. The van der Waals surface area contributed by atoms with Gasteiger partial charge in [-0.15, -0.1) is 11.3 Å². The van der Waals surface area contributed by atoms with Crippen LogP contribution in [0.2, 0.25) is 10.0 Å². The fourth-order valence-electron chi connectivity index (χ4n) is 2.80. The smallest absolute Gasteiger partial charge is 0.282 e. The van der Waals surface area contributed by atoms with Gasteiger partial charge in [-0.3, -0.25) is 9.78 Å². The predicted molar refractivity (Wildman–Crippen MR) is 103 cm³/mol. The summed E-state index contributed by atoms with van der Waals surface area (Å²) in [5, 5.41) is 0.443. The van der Waals surface area contributed by atoms with E-state index in [4.69, 9.17) is 23.2 Å². The van der Waals surface area contributed by atoms with E-state index in [0.717, 1.165) is 6.54 Å². The van der Waals surface area contributed by atoms with E-state index >= 15 is 0 Å². The maximum atomic E-state index is 12.7. The number of hydrogen-bond donors (Lipinski definition) is 0. The third kappa shape index (κ3) is 3.99. The molecule has 0 aliphatic heterocycles. The van der Waals surface area contributed by atoms with E-state index in [-0.39, 0.29) is 21.0 Å². The van der Waals surface area contributed by atoms with Gasteiger partial charge in [0.1, 0.15) is 0 Å². The molecule has 0 aromatic carbocycles. The Balaban J connectivity index is 2.11. The first-order valence-corrected chi connectivity index (χ1v) is 9.84. The summed E-state index contributed by atoms with van der Waals surface area (Å²) in [5.74, 6) is 0.256. The maximum absolute atomic E-state index is 12.7. The number of halogens is 2. The van der Waals surface area contributed by atoms with Crippen molar-refractivity contribution in [2.45, 2.75) is 52.5 Å². The number of pyridine rings is 1. The van der Waals surface area contributed by atoms with Crippen LogP contribution >= 0.6 is 34.5 Å². The van der Waals surface area contributed by atoms with Gasteiger partial charge in [0.15, 0.2) is 4.80 Å². The Kier molecular flexibility index (Phi) is 5.11. The fraction of sp³-hybridized carbons (Fsp3) is 0.500. The van der Waals surface area contributed by atoms with Crippen LogP contribution < -0.4 is 4.80 Å². The summed E-state index contributed by atoms with van der Waals surface area (Å²) in [5.41, 5.74) is 1.39. The lowest BCUT2D eigenvalue weighted by Gasteiger charge is -2.17. The summed E-state index contributed by atoms with van der Waals surface area (Å²) in [6.07, 6.45) is 5.30. The van der Waals surface area contributed by atoms with E-state index in [9.17, 15) is 4.79 Å². The second-order valence-corrected chi connectivity index (χ2v) is 9.29. The van der Waals surface area contributed by atoms with Gasteiger partial charge in [0.2, 0.25) is 0 Å². The average Bonchev–Trinajstić information content (AvgIpc) is 3.25. The number of amides is 1. The van der Waals surface area contributed by atoms with Crippen molar-refractivity contribution in [2.75, 3.05) is 0 Å². The van der Waals surface area contributed by atoms with Crippen molar-refractivity contribution in [3.8, 4) is 0 Å². The Morgan fingerprint density at radius 1 is 1.32 bits per heavy atom. The summed E-state index contributed by atoms with van der Waals surface area (Å²) in [7, 11) is 0. The highest BCUT2D eigenvalue weighted by atomic mass is 35.5. The lowest BCUT2D eigenvalue weighted by Crippen LogP contribution is -2.20. The van der Waals surface area contributed by atoms with Crippen molar-refractivity contribution in [1.29, 1.82) is 0 Å². The average molecular weight is 398 g/mol. The van der Waals surface area contributed by atoms with E-state index in [1.165, 1.54) is 35.8 Å². The number of nitrogens with zero attached hydrogens (tertiary/aromatic N) is 3. The zero-order chi connectivity index (χ0) is 18.4. The minimum absolute atomic E-state index is 0.00280. The van der Waals surface area contributed by atoms with Crippen molar-refractivity contribution in [2.24, 2.45) is 10.9 Å². The van der Waals surface area contributed by atoms with Crippen LogP contribution in [-0.4, -0.2) is 15.5 Å². The summed E-state index contributed by atoms with van der Waals surface area (Å²) in [6.45, 7) is 9.54. The quantitative estimate of drug-likeness (QED) is 0.730. The highest BCUT2D eigenvalue weighted by Crippen LogP contribution is 2.33. The van der Waals surface area contributed by atoms with Crippen molar-refractivity contribution < 1.29 is 4.79 Å². The lowest BCUT2D eigenvalue weighted by molar-refractivity contribution is 0.0998. The molecule has 0 spiro atoms. The van der Waals surface area contributed by atoms with E-state index < -0.39 is 5.91 Å². The van der Waals surface area contributed by atoms with Crippen LogP contribution in [-0.2, 0) is 12.0 Å². The molecule has 0 unspecified atom stereocenters.